The van der Waals surface area contributed by atoms with Gasteiger partial charge in [-0.1, -0.05) is 13.8 Å². The van der Waals surface area contributed by atoms with Crippen LogP contribution in [0.25, 0.3) is 0 Å². The Bertz CT molecular complexity index is 249. The van der Waals surface area contributed by atoms with Gasteiger partial charge in [0.25, 0.3) is 0 Å². The Balaban J connectivity index is 2.67. The molecule has 1 aliphatic heterocycles. The number of hydrogen-bond acceptors (Lipinski definition) is 3. The highest BCUT2D eigenvalue weighted by atomic mass is 32.2. The van der Waals surface area contributed by atoms with E-state index in [0.29, 0.717) is 25.6 Å². The molecule has 0 aliphatic carbocycles. The van der Waals surface area contributed by atoms with E-state index < -0.39 is 10.0 Å². The largest absolute Gasteiger partial charge is 0.314 e. The van der Waals surface area contributed by atoms with Crippen molar-refractivity contribution in [2.45, 2.75) is 13.8 Å². The molecule has 1 fully saturated rings. The lowest BCUT2D eigenvalue weighted by atomic mass is 10.2. The van der Waals surface area contributed by atoms with Crippen molar-refractivity contribution in [3.05, 3.63) is 0 Å². The second kappa shape index (κ2) is 4.39. The highest BCUT2D eigenvalue weighted by molar-refractivity contribution is 7.89. The first-order valence-electron chi connectivity index (χ1n) is 4.71. The van der Waals surface area contributed by atoms with Crippen LogP contribution in [-0.2, 0) is 10.0 Å². The summed E-state index contributed by atoms with van der Waals surface area (Å²) in [5.41, 5.74) is 0. The molecule has 0 amide bonds. The van der Waals surface area contributed by atoms with Gasteiger partial charge in [-0.15, -0.1) is 0 Å². The van der Waals surface area contributed by atoms with Crippen LogP contribution < -0.4 is 5.32 Å². The molecule has 0 spiro atoms. The van der Waals surface area contributed by atoms with Crippen LogP contribution in [0.15, 0.2) is 0 Å². The molecule has 0 aromatic rings. The maximum Gasteiger partial charge on any atom is 0.215 e. The molecular weight excluding hydrogens is 188 g/mol. The molecule has 0 unspecified atom stereocenters. The summed E-state index contributed by atoms with van der Waals surface area (Å²) in [5, 5.41) is 3.09. The summed E-state index contributed by atoms with van der Waals surface area (Å²) >= 11 is 0. The Hall–Kier alpha value is -0.130. The average molecular weight is 206 g/mol. The first kappa shape index (κ1) is 10.9. The van der Waals surface area contributed by atoms with E-state index in [0.717, 1.165) is 6.54 Å². The maximum atomic E-state index is 11.6. The number of rotatable bonds is 2. The van der Waals surface area contributed by atoms with Crippen LogP contribution in [0.5, 0.6) is 0 Å². The fourth-order valence-corrected chi connectivity index (χ4v) is 2.97. The molecule has 1 N–H and O–H groups in total. The normalized spacial score (nSPS) is 24.5. The topological polar surface area (TPSA) is 49.4 Å². The number of hydrogen-bond donors (Lipinski definition) is 1. The van der Waals surface area contributed by atoms with Crippen molar-refractivity contribution in [2.24, 2.45) is 5.92 Å². The summed E-state index contributed by atoms with van der Waals surface area (Å²) in [6.45, 7) is 6.68. The highest BCUT2D eigenvalue weighted by Crippen LogP contribution is 2.07. The average Bonchev–Trinajstić information content (AvgIpc) is 2.13. The smallest absolute Gasteiger partial charge is 0.215 e. The molecule has 0 aromatic carbocycles. The standard InChI is InChI=1S/C8H18N2O2S/c1-8(2)7-10-5-3-9-4-6-13(10,11)12/h8-9H,3-7H2,1-2H3. The molecule has 4 nitrogen and oxygen atoms in total. The Morgan fingerprint density at radius 3 is 2.69 bits per heavy atom. The van der Waals surface area contributed by atoms with Crippen LogP contribution in [0.2, 0.25) is 0 Å². The van der Waals surface area contributed by atoms with Gasteiger partial charge < -0.3 is 5.32 Å². The molecule has 1 aliphatic rings. The summed E-state index contributed by atoms with van der Waals surface area (Å²) in [6, 6.07) is 0. The number of sulfonamides is 1. The van der Waals surface area contributed by atoms with Crippen LogP contribution in [0.4, 0.5) is 0 Å². The highest BCUT2D eigenvalue weighted by Gasteiger charge is 2.24. The SMILES string of the molecule is CC(C)CN1CCNCCS1(=O)=O. The quantitative estimate of drug-likeness (QED) is 0.685. The third kappa shape index (κ3) is 3.25. The van der Waals surface area contributed by atoms with Crippen molar-refractivity contribution in [2.75, 3.05) is 31.9 Å². The van der Waals surface area contributed by atoms with Gasteiger partial charge in [0.1, 0.15) is 0 Å². The van der Waals surface area contributed by atoms with Crippen molar-refractivity contribution in [1.29, 1.82) is 0 Å². The molecule has 0 saturated carbocycles. The summed E-state index contributed by atoms with van der Waals surface area (Å²) in [5.74, 6) is 0.632. The van der Waals surface area contributed by atoms with Crippen LogP contribution >= 0.6 is 0 Å². The van der Waals surface area contributed by atoms with Gasteiger partial charge in [-0.25, -0.2) is 12.7 Å². The van der Waals surface area contributed by atoms with Gasteiger partial charge in [0, 0.05) is 26.2 Å². The minimum Gasteiger partial charge on any atom is -0.314 e. The Labute approximate surface area is 80.4 Å². The zero-order valence-electron chi connectivity index (χ0n) is 8.28. The second-order valence-corrected chi connectivity index (χ2v) is 5.91. The summed E-state index contributed by atoms with van der Waals surface area (Å²) in [7, 11) is -2.98. The van der Waals surface area contributed by atoms with Gasteiger partial charge in [-0.2, -0.15) is 0 Å². The second-order valence-electron chi connectivity index (χ2n) is 3.82. The predicted molar refractivity (Wildman–Crippen MR) is 53.1 cm³/mol. The van der Waals surface area contributed by atoms with Gasteiger partial charge in [0.2, 0.25) is 10.0 Å². The molecule has 1 heterocycles. The summed E-state index contributed by atoms with van der Waals surface area (Å²) in [4.78, 5) is 0. The van der Waals surface area contributed by atoms with Gasteiger partial charge in [0.05, 0.1) is 5.75 Å². The fourth-order valence-electron chi connectivity index (χ4n) is 1.41. The van der Waals surface area contributed by atoms with Crippen molar-refractivity contribution < 1.29 is 8.42 Å². The third-order valence-electron chi connectivity index (χ3n) is 2.04. The Morgan fingerprint density at radius 2 is 2.08 bits per heavy atom. The van der Waals surface area contributed by atoms with E-state index in [-0.39, 0.29) is 5.75 Å². The predicted octanol–water partition coefficient (Wildman–Crippen LogP) is -0.123. The molecule has 0 atom stereocenters. The molecule has 0 radical (unpaired) electrons. The zero-order valence-corrected chi connectivity index (χ0v) is 9.10. The molecule has 78 valence electrons. The van der Waals surface area contributed by atoms with E-state index in [2.05, 4.69) is 5.32 Å². The van der Waals surface area contributed by atoms with Crippen molar-refractivity contribution in [3.8, 4) is 0 Å². The van der Waals surface area contributed by atoms with Gasteiger partial charge in [0.15, 0.2) is 0 Å². The van der Waals surface area contributed by atoms with E-state index in [4.69, 9.17) is 0 Å². The lowest BCUT2D eigenvalue weighted by molar-refractivity contribution is 0.374. The van der Waals surface area contributed by atoms with E-state index >= 15 is 0 Å². The van der Waals surface area contributed by atoms with Crippen LogP contribution in [0.1, 0.15) is 13.8 Å². The summed E-state index contributed by atoms with van der Waals surface area (Å²) in [6.07, 6.45) is 0. The van der Waals surface area contributed by atoms with Crippen molar-refractivity contribution >= 4 is 10.0 Å². The fraction of sp³-hybridized carbons (Fsp3) is 1.00. The van der Waals surface area contributed by atoms with Crippen molar-refractivity contribution in [3.63, 3.8) is 0 Å². The minimum absolute atomic E-state index is 0.236. The van der Waals surface area contributed by atoms with Crippen LogP contribution in [0.3, 0.4) is 0 Å². The zero-order chi connectivity index (χ0) is 9.90. The monoisotopic (exact) mass is 206 g/mol. The lowest BCUT2D eigenvalue weighted by Gasteiger charge is -2.20. The van der Waals surface area contributed by atoms with Crippen LogP contribution in [0, 0.1) is 5.92 Å². The van der Waals surface area contributed by atoms with Crippen LogP contribution in [-0.4, -0.2) is 44.7 Å². The molecule has 1 rings (SSSR count). The van der Waals surface area contributed by atoms with Crippen molar-refractivity contribution in [1.82, 2.24) is 9.62 Å². The number of nitrogens with one attached hydrogen (secondary N) is 1. The van der Waals surface area contributed by atoms with Gasteiger partial charge in [-0.05, 0) is 5.92 Å². The molecule has 5 heteroatoms. The van der Waals surface area contributed by atoms with E-state index in [9.17, 15) is 8.42 Å². The Kier molecular flexibility index (Phi) is 3.70. The lowest BCUT2D eigenvalue weighted by Crippen LogP contribution is -2.36. The third-order valence-corrected chi connectivity index (χ3v) is 3.88. The first-order valence-corrected chi connectivity index (χ1v) is 6.32. The van der Waals surface area contributed by atoms with Gasteiger partial charge in [-0.3, -0.25) is 0 Å². The molecule has 0 bridgehead atoms. The van der Waals surface area contributed by atoms with E-state index in [1.165, 1.54) is 0 Å². The first-order chi connectivity index (χ1) is 6.02. The molecule has 13 heavy (non-hydrogen) atoms. The molecule has 1 saturated heterocycles. The minimum atomic E-state index is -2.98. The molecular formula is C8H18N2O2S. The van der Waals surface area contributed by atoms with Gasteiger partial charge >= 0.3 is 0 Å². The van der Waals surface area contributed by atoms with E-state index in [1.807, 2.05) is 13.8 Å². The van der Waals surface area contributed by atoms with E-state index in [1.54, 1.807) is 4.31 Å². The number of nitrogens with zero attached hydrogens (tertiary/aromatic N) is 1. The Morgan fingerprint density at radius 1 is 1.38 bits per heavy atom. The molecule has 0 aromatic heterocycles. The summed E-state index contributed by atoms with van der Waals surface area (Å²) < 4.78 is 24.8. The maximum absolute atomic E-state index is 11.6.